The Balaban J connectivity index is 1.97. The molecule has 2 heterocycles. The van der Waals surface area contributed by atoms with Gasteiger partial charge in [-0.1, -0.05) is 6.92 Å². The van der Waals surface area contributed by atoms with Crippen LogP contribution in [0.5, 0.6) is 0 Å². The highest BCUT2D eigenvalue weighted by Gasteiger charge is 2.29. The topological polar surface area (TPSA) is 62.7 Å². The van der Waals surface area contributed by atoms with Crippen LogP contribution in [0.3, 0.4) is 0 Å². The van der Waals surface area contributed by atoms with E-state index in [0.29, 0.717) is 19.6 Å². The van der Waals surface area contributed by atoms with Crippen LogP contribution in [0.2, 0.25) is 0 Å². The van der Waals surface area contributed by atoms with Crippen molar-refractivity contribution >= 4 is 17.2 Å². The van der Waals surface area contributed by atoms with Crippen molar-refractivity contribution in [2.45, 2.75) is 38.8 Å². The number of hydrogen-bond donors (Lipinski definition) is 1. The van der Waals surface area contributed by atoms with E-state index in [1.807, 2.05) is 12.3 Å². The van der Waals surface area contributed by atoms with Crippen LogP contribution in [0.15, 0.2) is 5.38 Å². The average Bonchev–Trinajstić information content (AvgIpc) is 2.87. The fraction of sp³-hybridized carbons (Fsp3) is 0.692. The van der Waals surface area contributed by atoms with Gasteiger partial charge in [-0.3, -0.25) is 4.79 Å². The average molecular weight is 284 g/mol. The number of carbonyl (C=O) groups is 1. The van der Waals surface area contributed by atoms with Gasteiger partial charge in [-0.05, 0) is 13.3 Å². The van der Waals surface area contributed by atoms with Crippen LogP contribution in [0, 0.1) is 0 Å². The molecule has 2 unspecified atom stereocenters. The fourth-order valence-electron chi connectivity index (χ4n) is 2.12. The molecule has 5 nitrogen and oxygen atoms in total. The SMILES string of the molecule is CCc1nc(CC(=O)N2CC(CO)OCC2C)cs1. The lowest BCUT2D eigenvalue weighted by Crippen LogP contribution is -2.52. The highest BCUT2D eigenvalue weighted by molar-refractivity contribution is 7.09. The molecule has 0 radical (unpaired) electrons. The first-order valence-electron chi connectivity index (χ1n) is 6.59. The summed E-state index contributed by atoms with van der Waals surface area (Å²) in [5.74, 6) is 0.0576. The van der Waals surface area contributed by atoms with Crippen LogP contribution in [-0.4, -0.2) is 52.8 Å². The largest absolute Gasteiger partial charge is 0.394 e. The molecule has 1 saturated heterocycles. The Morgan fingerprint density at radius 2 is 2.47 bits per heavy atom. The summed E-state index contributed by atoms with van der Waals surface area (Å²) in [6.45, 7) is 4.91. The molecule has 6 heteroatoms. The minimum Gasteiger partial charge on any atom is -0.394 e. The summed E-state index contributed by atoms with van der Waals surface area (Å²) in [6, 6.07) is 0.0552. The maximum Gasteiger partial charge on any atom is 0.229 e. The lowest BCUT2D eigenvalue weighted by Gasteiger charge is -2.37. The fourth-order valence-corrected chi connectivity index (χ4v) is 2.87. The molecule has 19 heavy (non-hydrogen) atoms. The molecule has 1 N–H and O–H groups in total. The molecule has 1 aromatic rings. The predicted octanol–water partition coefficient (Wildman–Crippen LogP) is 0.856. The molecule has 1 fully saturated rings. The zero-order valence-corrected chi connectivity index (χ0v) is 12.2. The third-order valence-corrected chi connectivity index (χ3v) is 4.31. The lowest BCUT2D eigenvalue weighted by molar-refractivity contribution is -0.145. The van der Waals surface area contributed by atoms with Gasteiger partial charge < -0.3 is 14.7 Å². The number of carbonyl (C=O) groups excluding carboxylic acids is 1. The maximum absolute atomic E-state index is 12.3. The van der Waals surface area contributed by atoms with Crippen molar-refractivity contribution in [1.82, 2.24) is 9.88 Å². The van der Waals surface area contributed by atoms with Gasteiger partial charge in [-0.15, -0.1) is 11.3 Å². The van der Waals surface area contributed by atoms with Gasteiger partial charge in [0.05, 0.1) is 42.5 Å². The number of morpholine rings is 1. The molecule has 1 aromatic heterocycles. The molecule has 1 aliphatic heterocycles. The Labute approximate surface area is 117 Å². The van der Waals surface area contributed by atoms with Crippen LogP contribution in [-0.2, 0) is 22.4 Å². The van der Waals surface area contributed by atoms with E-state index in [9.17, 15) is 4.79 Å². The molecule has 2 atom stereocenters. The summed E-state index contributed by atoms with van der Waals surface area (Å²) >= 11 is 1.60. The Morgan fingerprint density at radius 3 is 3.11 bits per heavy atom. The summed E-state index contributed by atoms with van der Waals surface area (Å²) < 4.78 is 5.43. The lowest BCUT2D eigenvalue weighted by atomic mass is 10.1. The Morgan fingerprint density at radius 1 is 1.68 bits per heavy atom. The van der Waals surface area contributed by atoms with Crippen molar-refractivity contribution in [3.63, 3.8) is 0 Å². The number of aliphatic hydroxyl groups is 1. The second-order valence-electron chi connectivity index (χ2n) is 4.80. The third-order valence-electron chi connectivity index (χ3n) is 3.26. The second kappa shape index (κ2) is 6.45. The normalized spacial score (nSPS) is 23.6. The monoisotopic (exact) mass is 284 g/mol. The highest BCUT2D eigenvalue weighted by atomic mass is 32.1. The predicted molar refractivity (Wildman–Crippen MR) is 73.2 cm³/mol. The van der Waals surface area contributed by atoms with Crippen LogP contribution in [0.1, 0.15) is 24.5 Å². The van der Waals surface area contributed by atoms with E-state index in [-0.39, 0.29) is 24.7 Å². The van der Waals surface area contributed by atoms with Gasteiger partial charge in [0.15, 0.2) is 0 Å². The number of ether oxygens (including phenoxy) is 1. The molecule has 106 valence electrons. The highest BCUT2D eigenvalue weighted by Crippen LogP contribution is 2.15. The number of rotatable bonds is 4. The van der Waals surface area contributed by atoms with E-state index < -0.39 is 0 Å². The van der Waals surface area contributed by atoms with Crippen molar-refractivity contribution in [3.8, 4) is 0 Å². The third kappa shape index (κ3) is 3.52. The summed E-state index contributed by atoms with van der Waals surface area (Å²) in [4.78, 5) is 18.5. The van der Waals surface area contributed by atoms with E-state index in [4.69, 9.17) is 9.84 Å². The number of aryl methyl sites for hydroxylation is 1. The first-order chi connectivity index (χ1) is 9.13. The summed E-state index contributed by atoms with van der Waals surface area (Å²) in [7, 11) is 0. The first-order valence-corrected chi connectivity index (χ1v) is 7.47. The molecule has 0 spiro atoms. The van der Waals surface area contributed by atoms with Crippen molar-refractivity contribution < 1.29 is 14.6 Å². The number of hydrogen-bond acceptors (Lipinski definition) is 5. The minimum absolute atomic E-state index is 0.0484. The molecular weight excluding hydrogens is 264 g/mol. The Hall–Kier alpha value is -0.980. The van der Waals surface area contributed by atoms with Crippen LogP contribution >= 0.6 is 11.3 Å². The quantitative estimate of drug-likeness (QED) is 0.890. The zero-order valence-electron chi connectivity index (χ0n) is 11.3. The van der Waals surface area contributed by atoms with Crippen LogP contribution in [0.4, 0.5) is 0 Å². The van der Waals surface area contributed by atoms with Gasteiger partial charge in [0.25, 0.3) is 0 Å². The molecule has 1 aliphatic rings. The molecule has 1 amide bonds. The first kappa shape index (κ1) is 14.4. The number of nitrogens with zero attached hydrogens (tertiary/aromatic N) is 2. The van der Waals surface area contributed by atoms with Gasteiger partial charge in [0.1, 0.15) is 0 Å². The van der Waals surface area contributed by atoms with E-state index >= 15 is 0 Å². The van der Waals surface area contributed by atoms with Crippen molar-refractivity contribution in [1.29, 1.82) is 0 Å². The van der Waals surface area contributed by atoms with Crippen LogP contribution in [0.25, 0.3) is 0 Å². The zero-order chi connectivity index (χ0) is 13.8. The van der Waals surface area contributed by atoms with E-state index in [1.54, 1.807) is 16.2 Å². The van der Waals surface area contributed by atoms with Gasteiger partial charge in [0.2, 0.25) is 5.91 Å². The molecule has 0 aromatic carbocycles. The number of amides is 1. The second-order valence-corrected chi connectivity index (χ2v) is 5.74. The van der Waals surface area contributed by atoms with E-state index in [0.717, 1.165) is 17.1 Å². The van der Waals surface area contributed by atoms with Crippen molar-refractivity contribution in [2.24, 2.45) is 0 Å². The van der Waals surface area contributed by atoms with Gasteiger partial charge >= 0.3 is 0 Å². The van der Waals surface area contributed by atoms with E-state index in [2.05, 4.69) is 11.9 Å². The van der Waals surface area contributed by atoms with Gasteiger partial charge in [0, 0.05) is 11.9 Å². The molecule has 0 bridgehead atoms. The standard InChI is InChI=1S/C13H20N2O3S/c1-3-12-14-10(8-19-12)4-13(17)15-5-11(6-16)18-7-9(15)2/h8-9,11,16H,3-7H2,1-2H3. The number of thiazole rings is 1. The Kier molecular flexibility index (Phi) is 4.90. The molecule has 0 aliphatic carbocycles. The summed E-state index contributed by atoms with van der Waals surface area (Å²) in [6.07, 6.45) is 0.972. The van der Waals surface area contributed by atoms with Crippen LogP contribution < -0.4 is 0 Å². The number of aliphatic hydroxyl groups excluding tert-OH is 1. The molecular formula is C13H20N2O3S. The molecule has 2 rings (SSSR count). The summed E-state index contributed by atoms with van der Waals surface area (Å²) in [5, 5.41) is 12.1. The smallest absolute Gasteiger partial charge is 0.229 e. The van der Waals surface area contributed by atoms with Crippen molar-refractivity contribution in [3.05, 3.63) is 16.1 Å². The maximum atomic E-state index is 12.3. The number of aromatic nitrogens is 1. The van der Waals surface area contributed by atoms with E-state index in [1.165, 1.54) is 0 Å². The summed E-state index contributed by atoms with van der Waals surface area (Å²) in [5.41, 5.74) is 0.839. The van der Waals surface area contributed by atoms with Gasteiger partial charge in [-0.2, -0.15) is 0 Å². The van der Waals surface area contributed by atoms with Gasteiger partial charge in [-0.25, -0.2) is 4.98 Å². The van der Waals surface area contributed by atoms with Crippen molar-refractivity contribution in [2.75, 3.05) is 19.8 Å². The minimum atomic E-state index is -0.262. The molecule has 0 saturated carbocycles. The Bertz CT molecular complexity index is 435.